The summed E-state index contributed by atoms with van der Waals surface area (Å²) in [6, 6.07) is 6.08. The summed E-state index contributed by atoms with van der Waals surface area (Å²) in [5.74, 6) is 1.57. The second-order valence-corrected chi connectivity index (χ2v) is 8.08. The number of rotatable bonds is 8. The van der Waals surface area contributed by atoms with Gasteiger partial charge in [0.25, 0.3) is 0 Å². The molecule has 0 unspecified atom stereocenters. The van der Waals surface area contributed by atoms with Gasteiger partial charge in [0.05, 0.1) is 19.0 Å². The van der Waals surface area contributed by atoms with E-state index in [1.54, 1.807) is 0 Å². The van der Waals surface area contributed by atoms with Gasteiger partial charge < -0.3 is 29.9 Å². The van der Waals surface area contributed by atoms with Crippen LogP contribution in [0.15, 0.2) is 41.2 Å². The SMILES string of the molecule is CC1(C)C=C(OC[C@@H](O)[C@H](O)CO)CC2=C1Cc1cc(OCCO)ccc1C2. The van der Waals surface area contributed by atoms with Gasteiger partial charge in [0.1, 0.15) is 31.2 Å². The molecule has 2 atom stereocenters. The van der Waals surface area contributed by atoms with E-state index in [4.69, 9.17) is 19.7 Å². The molecular weight excluding hydrogens is 360 g/mol. The molecule has 1 aromatic carbocycles. The van der Waals surface area contributed by atoms with Crippen molar-refractivity contribution in [3.8, 4) is 5.75 Å². The maximum Gasteiger partial charge on any atom is 0.119 e. The molecule has 0 fully saturated rings. The minimum absolute atomic E-state index is 0.00296. The lowest BCUT2D eigenvalue weighted by Crippen LogP contribution is -2.33. The summed E-state index contributed by atoms with van der Waals surface area (Å²) in [6.45, 7) is 4.05. The highest BCUT2D eigenvalue weighted by Gasteiger charge is 2.33. The highest BCUT2D eigenvalue weighted by Crippen LogP contribution is 2.45. The Morgan fingerprint density at radius 1 is 1.00 bits per heavy atom. The van der Waals surface area contributed by atoms with Crippen molar-refractivity contribution in [2.24, 2.45) is 5.41 Å². The molecular formula is C22H30O6. The third-order valence-corrected chi connectivity index (χ3v) is 5.49. The molecule has 4 N–H and O–H groups in total. The van der Waals surface area contributed by atoms with Gasteiger partial charge in [-0.1, -0.05) is 31.1 Å². The van der Waals surface area contributed by atoms with Gasteiger partial charge in [-0.25, -0.2) is 0 Å². The standard InChI is InChI=1S/C22H30O6/c1-22(2)11-18(28-13-21(26)20(25)12-24)9-16-7-14-3-4-17(27-6-5-23)8-15(14)10-19(16)22/h3-4,8,11,20-21,23-26H,5-7,9-10,12-13H2,1-2H3/t20-,21-/m1/s1. The van der Waals surface area contributed by atoms with Crippen molar-refractivity contribution in [3.63, 3.8) is 0 Å². The van der Waals surface area contributed by atoms with Crippen LogP contribution in [0.2, 0.25) is 0 Å². The Balaban J connectivity index is 1.72. The van der Waals surface area contributed by atoms with Gasteiger partial charge in [-0.2, -0.15) is 0 Å². The Kier molecular flexibility index (Phi) is 6.45. The van der Waals surface area contributed by atoms with E-state index in [1.165, 1.54) is 22.3 Å². The molecule has 0 amide bonds. The lowest BCUT2D eigenvalue weighted by Gasteiger charge is -2.37. The Labute approximate surface area is 165 Å². The quantitative estimate of drug-likeness (QED) is 0.502. The summed E-state index contributed by atoms with van der Waals surface area (Å²) in [4.78, 5) is 0. The van der Waals surface area contributed by atoms with Crippen LogP contribution in [0.25, 0.3) is 0 Å². The zero-order valence-corrected chi connectivity index (χ0v) is 16.5. The third-order valence-electron chi connectivity index (χ3n) is 5.49. The summed E-state index contributed by atoms with van der Waals surface area (Å²) >= 11 is 0. The van der Waals surface area contributed by atoms with Crippen molar-refractivity contribution in [3.05, 3.63) is 52.3 Å². The molecule has 3 rings (SSSR count). The maximum atomic E-state index is 9.83. The van der Waals surface area contributed by atoms with Crippen LogP contribution in [-0.2, 0) is 17.6 Å². The van der Waals surface area contributed by atoms with Crippen LogP contribution in [0.5, 0.6) is 5.75 Å². The van der Waals surface area contributed by atoms with Gasteiger partial charge >= 0.3 is 0 Å². The lowest BCUT2D eigenvalue weighted by atomic mass is 9.69. The number of hydrogen-bond acceptors (Lipinski definition) is 6. The molecule has 1 aromatic rings. The highest BCUT2D eigenvalue weighted by atomic mass is 16.5. The molecule has 0 aromatic heterocycles. The van der Waals surface area contributed by atoms with Crippen LogP contribution in [0.4, 0.5) is 0 Å². The second-order valence-electron chi connectivity index (χ2n) is 8.08. The Hall–Kier alpha value is -1.86. The summed E-state index contributed by atoms with van der Waals surface area (Å²) in [6.07, 6.45) is 2.15. The molecule has 0 heterocycles. The number of allylic oxidation sites excluding steroid dienone is 3. The van der Waals surface area contributed by atoms with E-state index < -0.39 is 18.8 Å². The van der Waals surface area contributed by atoms with E-state index in [2.05, 4.69) is 32.1 Å². The normalized spacial score (nSPS) is 20.0. The number of ether oxygens (including phenoxy) is 2. The number of aliphatic hydroxyl groups excluding tert-OH is 4. The zero-order valence-electron chi connectivity index (χ0n) is 16.5. The molecule has 0 saturated carbocycles. The predicted octanol–water partition coefficient (Wildman–Crippen LogP) is 1.50. The van der Waals surface area contributed by atoms with Gasteiger partial charge in [0, 0.05) is 11.8 Å². The largest absolute Gasteiger partial charge is 0.495 e. The van der Waals surface area contributed by atoms with E-state index in [0.717, 1.165) is 24.4 Å². The fourth-order valence-corrected chi connectivity index (χ4v) is 3.97. The van der Waals surface area contributed by atoms with Gasteiger partial charge in [-0.15, -0.1) is 0 Å². The topological polar surface area (TPSA) is 99.4 Å². The second kappa shape index (κ2) is 8.66. The van der Waals surface area contributed by atoms with Crippen LogP contribution in [-0.4, -0.2) is 59.1 Å². The first kappa shape index (κ1) is 20.9. The maximum absolute atomic E-state index is 9.83. The number of hydrogen-bond donors (Lipinski definition) is 4. The Morgan fingerprint density at radius 2 is 1.79 bits per heavy atom. The average molecular weight is 390 g/mol. The van der Waals surface area contributed by atoms with Crippen molar-refractivity contribution in [1.29, 1.82) is 0 Å². The van der Waals surface area contributed by atoms with E-state index in [9.17, 15) is 10.2 Å². The van der Waals surface area contributed by atoms with Crippen molar-refractivity contribution < 1.29 is 29.9 Å². The van der Waals surface area contributed by atoms with Crippen molar-refractivity contribution in [2.45, 2.75) is 45.3 Å². The molecule has 0 aliphatic heterocycles. The van der Waals surface area contributed by atoms with E-state index in [-0.39, 0.29) is 18.6 Å². The van der Waals surface area contributed by atoms with Crippen LogP contribution >= 0.6 is 0 Å². The average Bonchev–Trinajstić information content (AvgIpc) is 2.68. The molecule has 154 valence electrons. The minimum atomic E-state index is -1.20. The summed E-state index contributed by atoms with van der Waals surface area (Å²) in [5.41, 5.74) is 5.05. The first-order chi connectivity index (χ1) is 13.3. The molecule has 0 bridgehead atoms. The van der Waals surface area contributed by atoms with Crippen molar-refractivity contribution >= 4 is 0 Å². The van der Waals surface area contributed by atoms with Gasteiger partial charge in [0.2, 0.25) is 0 Å². The zero-order chi connectivity index (χ0) is 20.3. The van der Waals surface area contributed by atoms with Crippen LogP contribution in [0, 0.1) is 5.41 Å². The smallest absolute Gasteiger partial charge is 0.119 e. The summed E-state index contributed by atoms with van der Waals surface area (Å²) in [5, 5.41) is 37.2. The molecule has 0 radical (unpaired) electrons. The number of fused-ring (bicyclic) bond motifs is 1. The first-order valence-electron chi connectivity index (χ1n) is 9.72. The summed E-state index contributed by atoms with van der Waals surface area (Å²) in [7, 11) is 0. The van der Waals surface area contributed by atoms with E-state index in [0.29, 0.717) is 13.0 Å². The van der Waals surface area contributed by atoms with Gasteiger partial charge in [0.15, 0.2) is 0 Å². The predicted molar refractivity (Wildman–Crippen MR) is 105 cm³/mol. The fraction of sp³-hybridized carbons (Fsp3) is 0.545. The fourth-order valence-electron chi connectivity index (χ4n) is 3.97. The van der Waals surface area contributed by atoms with Crippen molar-refractivity contribution in [2.75, 3.05) is 26.4 Å². The molecule has 28 heavy (non-hydrogen) atoms. The minimum Gasteiger partial charge on any atom is -0.495 e. The number of benzene rings is 1. The van der Waals surface area contributed by atoms with Crippen LogP contribution in [0.3, 0.4) is 0 Å². The molecule has 6 heteroatoms. The van der Waals surface area contributed by atoms with E-state index in [1.807, 2.05) is 6.07 Å². The lowest BCUT2D eigenvalue weighted by molar-refractivity contribution is -0.0461. The van der Waals surface area contributed by atoms with Crippen LogP contribution < -0.4 is 4.74 Å². The van der Waals surface area contributed by atoms with Gasteiger partial charge in [-0.05, 0) is 42.2 Å². The molecule has 6 nitrogen and oxygen atoms in total. The van der Waals surface area contributed by atoms with Crippen molar-refractivity contribution in [1.82, 2.24) is 0 Å². The number of aliphatic hydroxyl groups is 4. The molecule has 2 aliphatic rings. The van der Waals surface area contributed by atoms with E-state index >= 15 is 0 Å². The van der Waals surface area contributed by atoms with Crippen LogP contribution in [0.1, 0.15) is 31.4 Å². The first-order valence-corrected chi connectivity index (χ1v) is 9.72. The third kappa shape index (κ3) is 4.58. The molecule has 0 saturated heterocycles. The monoisotopic (exact) mass is 390 g/mol. The Morgan fingerprint density at radius 3 is 2.50 bits per heavy atom. The summed E-state index contributed by atoms with van der Waals surface area (Å²) < 4.78 is 11.3. The molecule has 0 spiro atoms. The Bertz CT molecular complexity index is 764. The molecule has 2 aliphatic carbocycles. The van der Waals surface area contributed by atoms with Gasteiger partial charge in [-0.3, -0.25) is 0 Å². The highest BCUT2D eigenvalue weighted by molar-refractivity contribution is 5.49.